The summed E-state index contributed by atoms with van der Waals surface area (Å²) in [6, 6.07) is -0.803. The van der Waals surface area contributed by atoms with Gasteiger partial charge in [-0.05, 0) is 51.4 Å². The van der Waals surface area contributed by atoms with Crippen LogP contribution in [-0.2, 0) is 14.3 Å². The Bertz CT molecular complexity index is 1180. The standard InChI is InChI=1S/C60H113NO8/c1-3-5-7-9-11-13-15-17-19-20-21-22-23-24-25-26-27-28-29-30-31-32-33-34-36-38-40-42-44-46-48-50-56(64)61-53(52-68-60-59(67)58(66)57(65)55(51-62)69-60)54(63)49-47-45-43-41-39-37-35-18-16-14-12-10-8-6-4-2/h15,17,20-21,47,49,53-55,57-60,62-63,65-67H,3-14,16,18-19,22-46,48,50-52H2,1-2H3,(H,61,64)/b17-15-,21-20-,49-47+. The maximum absolute atomic E-state index is 13.1. The molecule has 406 valence electrons. The van der Waals surface area contributed by atoms with Gasteiger partial charge in [-0.1, -0.05) is 262 Å². The third-order valence-electron chi connectivity index (χ3n) is 14.2. The minimum Gasteiger partial charge on any atom is -0.394 e. The fourth-order valence-electron chi connectivity index (χ4n) is 9.48. The van der Waals surface area contributed by atoms with Crippen LogP contribution in [0.4, 0.5) is 0 Å². The van der Waals surface area contributed by atoms with E-state index >= 15 is 0 Å². The average molecular weight is 977 g/mol. The molecule has 6 N–H and O–H groups in total. The molecule has 0 radical (unpaired) electrons. The lowest BCUT2D eigenvalue weighted by molar-refractivity contribution is -0.302. The molecule has 1 rings (SSSR count). The van der Waals surface area contributed by atoms with Crippen LogP contribution in [0.5, 0.6) is 0 Å². The van der Waals surface area contributed by atoms with E-state index in [2.05, 4.69) is 43.5 Å². The summed E-state index contributed by atoms with van der Waals surface area (Å²) in [5.41, 5.74) is 0. The first-order chi connectivity index (χ1) is 33.8. The summed E-state index contributed by atoms with van der Waals surface area (Å²) >= 11 is 0. The number of amides is 1. The number of hydrogen-bond donors (Lipinski definition) is 6. The van der Waals surface area contributed by atoms with Gasteiger partial charge in [-0.15, -0.1) is 0 Å². The molecular weight excluding hydrogens is 863 g/mol. The van der Waals surface area contributed by atoms with E-state index in [4.69, 9.17) is 9.47 Å². The molecule has 1 saturated heterocycles. The Kier molecular flexibility index (Phi) is 47.4. The fourth-order valence-corrected chi connectivity index (χ4v) is 9.48. The second-order valence-corrected chi connectivity index (χ2v) is 20.8. The molecule has 7 atom stereocenters. The zero-order valence-corrected chi connectivity index (χ0v) is 45.1. The second-order valence-electron chi connectivity index (χ2n) is 20.8. The molecule has 1 amide bonds. The molecule has 7 unspecified atom stereocenters. The highest BCUT2D eigenvalue weighted by Crippen LogP contribution is 2.23. The van der Waals surface area contributed by atoms with Gasteiger partial charge >= 0.3 is 0 Å². The minimum atomic E-state index is -1.56. The molecule has 1 aliphatic heterocycles. The largest absolute Gasteiger partial charge is 0.394 e. The molecule has 0 saturated carbocycles. The van der Waals surface area contributed by atoms with Gasteiger partial charge in [0.25, 0.3) is 0 Å². The van der Waals surface area contributed by atoms with Crippen molar-refractivity contribution in [2.24, 2.45) is 0 Å². The predicted octanol–water partition coefficient (Wildman–Crippen LogP) is 14.7. The van der Waals surface area contributed by atoms with E-state index in [0.717, 1.165) is 44.9 Å². The third-order valence-corrected chi connectivity index (χ3v) is 14.2. The number of carbonyl (C=O) groups is 1. The second kappa shape index (κ2) is 50.0. The number of aliphatic hydroxyl groups excluding tert-OH is 5. The van der Waals surface area contributed by atoms with Crippen LogP contribution in [0.3, 0.4) is 0 Å². The number of ether oxygens (including phenoxy) is 2. The molecule has 1 heterocycles. The van der Waals surface area contributed by atoms with Crippen molar-refractivity contribution in [3.05, 3.63) is 36.5 Å². The summed E-state index contributed by atoms with van der Waals surface area (Å²) in [5.74, 6) is -0.173. The normalized spacial score (nSPS) is 19.7. The van der Waals surface area contributed by atoms with Crippen LogP contribution >= 0.6 is 0 Å². The Morgan fingerprint density at radius 2 is 0.855 bits per heavy atom. The van der Waals surface area contributed by atoms with Crippen molar-refractivity contribution < 1.29 is 39.8 Å². The molecule has 0 aromatic heterocycles. The topological polar surface area (TPSA) is 149 Å². The number of carbonyl (C=O) groups excluding carboxylic acids is 1. The highest BCUT2D eigenvalue weighted by atomic mass is 16.7. The van der Waals surface area contributed by atoms with E-state index in [1.807, 2.05) is 6.08 Å². The fraction of sp³-hybridized carbons (Fsp3) is 0.883. The lowest BCUT2D eigenvalue weighted by Crippen LogP contribution is -2.60. The number of aliphatic hydroxyl groups is 5. The van der Waals surface area contributed by atoms with Crippen molar-refractivity contribution in [3.8, 4) is 0 Å². The van der Waals surface area contributed by atoms with Crippen LogP contribution in [0, 0.1) is 0 Å². The molecule has 69 heavy (non-hydrogen) atoms. The number of nitrogens with one attached hydrogen (secondary N) is 1. The van der Waals surface area contributed by atoms with E-state index < -0.39 is 49.5 Å². The van der Waals surface area contributed by atoms with Crippen LogP contribution in [-0.4, -0.2) is 87.5 Å². The summed E-state index contributed by atoms with van der Waals surface area (Å²) in [5, 5.41) is 54.5. The molecule has 9 heteroatoms. The first-order valence-corrected chi connectivity index (χ1v) is 29.7. The molecule has 0 spiro atoms. The van der Waals surface area contributed by atoms with Crippen molar-refractivity contribution in [2.75, 3.05) is 13.2 Å². The first kappa shape index (κ1) is 65.4. The SMILES string of the molecule is CCCCCCC/C=C\C/C=C\CCCCCCCCCCCCCCCCCCCCCC(=O)NC(COC1OC(CO)C(O)C(O)C1O)C(O)/C=C/CCCCCCCCCCCCCCC. The van der Waals surface area contributed by atoms with Crippen LogP contribution in [0.15, 0.2) is 36.5 Å². The highest BCUT2D eigenvalue weighted by molar-refractivity contribution is 5.76. The van der Waals surface area contributed by atoms with Crippen LogP contribution in [0.2, 0.25) is 0 Å². The molecule has 9 nitrogen and oxygen atoms in total. The van der Waals surface area contributed by atoms with Gasteiger partial charge in [0.2, 0.25) is 5.91 Å². The number of hydrogen-bond acceptors (Lipinski definition) is 8. The maximum Gasteiger partial charge on any atom is 0.220 e. The number of rotatable bonds is 51. The predicted molar refractivity (Wildman–Crippen MR) is 290 cm³/mol. The monoisotopic (exact) mass is 976 g/mol. The average Bonchev–Trinajstić information content (AvgIpc) is 3.35. The van der Waals surface area contributed by atoms with E-state index in [0.29, 0.717) is 6.42 Å². The molecule has 1 aliphatic rings. The number of allylic oxidation sites excluding steroid dienone is 5. The Morgan fingerprint density at radius 1 is 0.493 bits per heavy atom. The molecule has 0 aromatic carbocycles. The minimum absolute atomic E-state index is 0.173. The van der Waals surface area contributed by atoms with Gasteiger partial charge in [0, 0.05) is 6.42 Å². The van der Waals surface area contributed by atoms with E-state index in [9.17, 15) is 30.3 Å². The Hall–Kier alpha value is -1.59. The molecule has 0 aromatic rings. The Labute approximate surface area is 425 Å². The third kappa shape index (κ3) is 39.6. The van der Waals surface area contributed by atoms with Gasteiger partial charge in [-0.3, -0.25) is 4.79 Å². The molecular formula is C60H113NO8. The van der Waals surface area contributed by atoms with Gasteiger partial charge in [0.1, 0.15) is 24.4 Å². The highest BCUT2D eigenvalue weighted by Gasteiger charge is 2.44. The van der Waals surface area contributed by atoms with Crippen LogP contribution in [0.1, 0.15) is 284 Å². The summed E-state index contributed by atoms with van der Waals surface area (Å²) in [6.07, 6.45) is 57.9. The van der Waals surface area contributed by atoms with Crippen LogP contribution < -0.4 is 5.32 Å². The summed E-state index contributed by atoms with van der Waals surface area (Å²) in [6.45, 7) is 3.79. The Morgan fingerprint density at radius 3 is 1.25 bits per heavy atom. The van der Waals surface area contributed by atoms with Crippen molar-refractivity contribution in [1.82, 2.24) is 5.32 Å². The Balaban J connectivity index is 2.14. The van der Waals surface area contributed by atoms with Gasteiger partial charge in [0.05, 0.1) is 25.4 Å². The zero-order chi connectivity index (χ0) is 50.1. The summed E-state index contributed by atoms with van der Waals surface area (Å²) in [4.78, 5) is 13.1. The van der Waals surface area contributed by atoms with Gasteiger partial charge in [-0.2, -0.15) is 0 Å². The van der Waals surface area contributed by atoms with Crippen molar-refractivity contribution >= 4 is 5.91 Å². The van der Waals surface area contributed by atoms with Crippen molar-refractivity contribution in [2.45, 2.75) is 326 Å². The molecule has 0 bridgehead atoms. The van der Waals surface area contributed by atoms with Gasteiger partial charge in [0.15, 0.2) is 6.29 Å². The lowest BCUT2D eigenvalue weighted by atomic mass is 9.99. The smallest absolute Gasteiger partial charge is 0.220 e. The van der Waals surface area contributed by atoms with Crippen molar-refractivity contribution in [1.29, 1.82) is 0 Å². The lowest BCUT2D eigenvalue weighted by Gasteiger charge is -2.40. The summed E-state index contributed by atoms with van der Waals surface area (Å²) < 4.78 is 11.3. The quantitative estimate of drug-likeness (QED) is 0.0261. The summed E-state index contributed by atoms with van der Waals surface area (Å²) in [7, 11) is 0. The van der Waals surface area contributed by atoms with E-state index in [1.165, 1.54) is 218 Å². The van der Waals surface area contributed by atoms with Crippen molar-refractivity contribution in [3.63, 3.8) is 0 Å². The molecule has 0 aliphatic carbocycles. The van der Waals surface area contributed by atoms with Crippen LogP contribution in [0.25, 0.3) is 0 Å². The maximum atomic E-state index is 13.1. The number of unbranched alkanes of at least 4 members (excludes halogenated alkanes) is 37. The molecule has 1 fully saturated rings. The first-order valence-electron chi connectivity index (χ1n) is 29.7. The van der Waals surface area contributed by atoms with E-state index in [1.54, 1.807) is 6.08 Å². The van der Waals surface area contributed by atoms with Gasteiger partial charge < -0.3 is 40.3 Å². The van der Waals surface area contributed by atoms with Gasteiger partial charge in [-0.25, -0.2) is 0 Å². The zero-order valence-electron chi connectivity index (χ0n) is 45.1. The van der Waals surface area contributed by atoms with E-state index in [-0.39, 0.29) is 12.5 Å².